The number of amides is 12. The quantitative estimate of drug-likeness (QED) is 0.0171. The molecule has 2 saturated heterocycles. The Bertz CT molecular complexity index is 5950. The number of benzene rings is 10. The number of hydrogen-bond acceptors (Lipinski definition) is 13. The van der Waals surface area contributed by atoms with Crippen LogP contribution in [0.5, 0.6) is 0 Å². The molecule has 1 saturated carbocycles. The number of nitrogens with one attached hydrogen (secondary N) is 10. The predicted molar refractivity (Wildman–Crippen MR) is 575 cm³/mol. The van der Waals surface area contributed by atoms with Gasteiger partial charge >= 0.3 is 0 Å². The number of carbonyl (C=O) groups is 12. The molecule has 11 N–H and O–H groups in total. The van der Waals surface area contributed by atoms with E-state index < -0.39 is 64.3 Å². The molecule has 3 aliphatic rings. The second-order valence-electron chi connectivity index (χ2n) is 36.5. The minimum absolute atomic E-state index is 0. The van der Waals surface area contributed by atoms with E-state index in [1.165, 1.54) is 103 Å². The average Bonchev–Trinajstić information content (AvgIpc) is 1.84. The first kappa shape index (κ1) is 129. The Labute approximate surface area is 886 Å². The minimum atomic E-state index is -0.840. The van der Waals surface area contributed by atoms with Gasteiger partial charge in [-0.05, 0) is 326 Å². The molecule has 10 aromatic carbocycles. The highest BCUT2D eigenvalue weighted by molar-refractivity contribution is 6.34. The first-order valence-corrected chi connectivity index (χ1v) is 49.7. The van der Waals surface area contributed by atoms with Crippen molar-refractivity contribution in [2.75, 3.05) is 66.5 Å². The highest BCUT2D eigenvalue weighted by atomic mass is 35.5. The van der Waals surface area contributed by atoms with Gasteiger partial charge in [-0.15, -0.1) is 12.4 Å². The number of nitrogens with zero attached hydrogens (tertiary/aromatic N) is 2. The normalized spacial score (nSPS) is 11.9. The van der Waals surface area contributed by atoms with Crippen molar-refractivity contribution in [1.29, 1.82) is 0 Å². The third-order valence-corrected chi connectivity index (χ3v) is 22.8. The van der Waals surface area contributed by atoms with E-state index in [2.05, 4.69) is 47.9 Å². The van der Waals surface area contributed by atoms with Crippen molar-refractivity contribution < 1.29 is 93.5 Å². The average molecular weight is 2130 g/mol. The third-order valence-electron chi connectivity index (χ3n) is 22.1. The first-order chi connectivity index (χ1) is 70.0. The van der Waals surface area contributed by atoms with Crippen LogP contribution in [0, 0.1) is 116 Å². The van der Waals surface area contributed by atoms with Gasteiger partial charge in [-0.3, -0.25) is 62.7 Å². The molecule has 10 aromatic rings. The summed E-state index contributed by atoms with van der Waals surface area (Å²) in [5.74, 6) is -6.54. The van der Waals surface area contributed by atoms with E-state index >= 15 is 0 Å². The zero-order valence-electron chi connectivity index (χ0n) is 88.2. The standard InChI is InChI=1S/C16H21FN2O2.C15H19FN2O2.C13H16FNO.C12H16FNO.C11H14FNO.C11H15NO.C10H12ClNO.C9H10ClNO.C9H10FNO.C8H8FNO2.ClH/c1-12-5-6-13(14(17)11-12)16(21)18-8-7-15(20)19-9-3-2-4-10-19;1-11-4-5-12(13(16)10-11)15(20)17-7-6-14(19)18-8-2-3-9-18;1-9-6-7-11(12(14)8-9)13(16)15-10-4-2-3-5-10;1-8(2)7-14-12(15)10-5-4-9(3)6-11(10)13;1-7(2)13-11(14)9-5-4-8(3)6-10(9)12;1-8(2)12-11(13)10-6-4-9(3)5-7-10;1-3-12-10(13)8-5-4-7(2)6-9(8)11;2*1-6-3-4-7(8(10)5-6)9(12)11-2;1-5-2-3-6(7(9)4-5)8(11)10-12;/h5-6,11H,2-4,7-10H2,1H3,(H,18,21);4-5,10H,2-3,6-9H2,1H3,(H,17,20);6-8,10H,2-5H2,1H3,(H,15,16);4-6,8H,7H2,1-3H3,(H,14,15);4-7H,1-3H3,(H,13,14);4-8H,1-3H3,(H,12,13);4-6H,3H2,1-2H3,(H,12,13);2*3-5H,1-2H3,(H,11,12);2-4,12H,1H3,(H,10,11);1H. The van der Waals surface area contributed by atoms with Crippen LogP contribution in [0.1, 0.15) is 278 Å². The lowest BCUT2D eigenvalue weighted by Gasteiger charge is -2.26. The van der Waals surface area contributed by atoms with E-state index in [1.54, 1.807) is 126 Å². The Balaban J connectivity index is 0.000000427. The highest BCUT2D eigenvalue weighted by Crippen LogP contribution is 2.24. The summed E-state index contributed by atoms with van der Waals surface area (Å²) in [7, 11) is 3.06. The second kappa shape index (κ2) is 67.9. The molecular weight excluding hydrogens is 1980 g/mol. The fourth-order valence-electron chi connectivity index (χ4n) is 14.1. The van der Waals surface area contributed by atoms with Crippen LogP contribution in [-0.2, 0) is 9.59 Å². The number of likely N-dealkylation sites (tertiary alicyclic amines) is 2. The van der Waals surface area contributed by atoms with Crippen molar-refractivity contribution in [1.82, 2.24) is 63.1 Å². The Morgan fingerprint density at radius 3 is 0.886 bits per heavy atom. The van der Waals surface area contributed by atoms with Crippen LogP contribution in [0.15, 0.2) is 188 Å². The summed E-state index contributed by atoms with van der Waals surface area (Å²) in [4.78, 5) is 141. The van der Waals surface area contributed by atoms with Gasteiger partial charge in [0.15, 0.2) is 0 Å². The molecule has 3 fully saturated rings. The Hall–Kier alpha value is -13.8. The Kier molecular flexibility index (Phi) is 59.0. The number of rotatable bonds is 22. The maximum Gasteiger partial charge on any atom is 0.277 e. The minimum Gasteiger partial charge on any atom is -0.355 e. The van der Waals surface area contributed by atoms with Crippen LogP contribution in [-0.4, -0.2) is 170 Å². The number of carbonyl (C=O) groups excluding carboxylic acids is 12. The van der Waals surface area contributed by atoms with Gasteiger partial charge in [-0.25, -0.2) is 36.2 Å². The van der Waals surface area contributed by atoms with Crippen LogP contribution < -0.4 is 53.3 Å². The zero-order valence-corrected chi connectivity index (χ0v) is 90.5. The molecule has 0 unspecified atom stereocenters. The maximum absolute atomic E-state index is 13.6. The molecule has 149 heavy (non-hydrogen) atoms. The van der Waals surface area contributed by atoms with Crippen molar-refractivity contribution >= 4 is 106 Å². The number of piperidine rings is 1. The van der Waals surface area contributed by atoms with Gasteiger partial charge in [-0.1, -0.05) is 122 Å². The van der Waals surface area contributed by atoms with E-state index in [4.69, 9.17) is 28.4 Å². The molecule has 1 aliphatic carbocycles. The first-order valence-electron chi connectivity index (χ1n) is 48.9. The van der Waals surface area contributed by atoms with Crippen LogP contribution in [0.25, 0.3) is 0 Å². The van der Waals surface area contributed by atoms with E-state index in [9.17, 15) is 88.3 Å². The second-order valence-corrected chi connectivity index (χ2v) is 37.3. The van der Waals surface area contributed by atoms with Crippen molar-refractivity contribution in [2.45, 2.75) is 206 Å². The number of halogens is 10. The third kappa shape index (κ3) is 47.9. The molecule has 2 aliphatic heterocycles. The van der Waals surface area contributed by atoms with Crippen molar-refractivity contribution in [3.8, 4) is 0 Å². The summed E-state index contributed by atoms with van der Waals surface area (Å²) in [6, 6.07) is 50.2. The monoisotopic (exact) mass is 2120 g/mol. The van der Waals surface area contributed by atoms with Gasteiger partial charge in [0.2, 0.25) is 11.8 Å². The van der Waals surface area contributed by atoms with Crippen LogP contribution in [0.4, 0.5) is 30.7 Å². The van der Waals surface area contributed by atoms with Crippen molar-refractivity contribution in [2.24, 2.45) is 5.92 Å². The maximum atomic E-state index is 13.6. The molecule has 0 bridgehead atoms. The Morgan fingerprint density at radius 2 is 0.584 bits per heavy atom. The van der Waals surface area contributed by atoms with E-state index in [-0.39, 0.29) is 143 Å². The molecule has 2 heterocycles. The molecular formula is C114H142Cl3F7N12O13. The SMILES string of the molecule is CCNC(=O)c1ccc(C)cc1Cl.CNC(=O)c1ccc(C)cc1Cl.CNC(=O)c1ccc(C)cc1F.Cc1ccc(C(=O)NC(C)C)c(F)c1.Cc1ccc(C(=O)NC(C)C)cc1.Cc1ccc(C(=O)NC2CCCC2)c(F)c1.Cc1ccc(C(=O)NCC(C)C)c(F)c1.Cc1ccc(C(=O)NCCC(=O)N2CCCC2)c(F)c1.Cc1ccc(C(=O)NCCC(=O)N2CCCCC2)c(F)c1.Cc1ccc(C(=O)NO)c(F)c1.Cl. The van der Waals surface area contributed by atoms with Crippen LogP contribution in [0.2, 0.25) is 10.0 Å². The van der Waals surface area contributed by atoms with Gasteiger partial charge in [0.05, 0.1) is 60.1 Å². The van der Waals surface area contributed by atoms with Gasteiger partial charge in [0.1, 0.15) is 40.7 Å². The molecule has 0 radical (unpaired) electrons. The van der Waals surface area contributed by atoms with E-state index in [0.29, 0.717) is 40.2 Å². The zero-order chi connectivity index (χ0) is 111. The lowest BCUT2D eigenvalue weighted by atomic mass is 10.1. The van der Waals surface area contributed by atoms with Gasteiger partial charge < -0.3 is 57.7 Å². The summed E-state index contributed by atoms with van der Waals surface area (Å²) in [6.45, 7) is 36.6. The largest absolute Gasteiger partial charge is 0.355 e. The number of aryl methyl sites for hydroxylation is 10. The molecule has 12 amide bonds. The van der Waals surface area contributed by atoms with Crippen LogP contribution in [0.3, 0.4) is 0 Å². The highest BCUT2D eigenvalue weighted by Gasteiger charge is 2.24. The topological polar surface area (TPSA) is 352 Å². The molecule has 0 spiro atoms. The molecule has 13 rings (SSSR count). The van der Waals surface area contributed by atoms with Gasteiger partial charge in [0, 0.05) is 103 Å². The summed E-state index contributed by atoms with van der Waals surface area (Å²) in [5.41, 5.74) is 12.2. The lowest BCUT2D eigenvalue weighted by Crippen LogP contribution is -2.37. The molecule has 0 aromatic heterocycles. The molecule has 0 atom stereocenters. The summed E-state index contributed by atoms with van der Waals surface area (Å²) >= 11 is 11.7. The van der Waals surface area contributed by atoms with E-state index in [1.807, 2.05) is 117 Å². The molecule has 35 heteroatoms. The summed E-state index contributed by atoms with van der Waals surface area (Å²) < 4.78 is 93.3. The van der Waals surface area contributed by atoms with Gasteiger partial charge in [0.25, 0.3) is 59.1 Å². The lowest BCUT2D eigenvalue weighted by molar-refractivity contribution is -0.132. The smallest absolute Gasteiger partial charge is 0.277 e. The molecule has 25 nitrogen and oxygen atoms in total. The van der Waals surface area contributed by atoms with Crippen molar-refractivity contribution in [3.05, 3.63) is 350 Å². The van der Waals surface area contributed by atoms with Gasteiger partial charge in [-0.2, -0.15) is 0 Å². The van der Waals surface area contributed by atoms with Crippen molar-refractivity contribution in [3.63, 3.8) is 0 Å². The van der Waals surface area contributed by atoms with E-state index in [0.717, 1.165) is 133 Å². The fraction of sp³-hybridized carbons (Fsp3) is 0.368. The number of hydroxylamine groups is 1. The number of hydrogen-bond donors (Lipinski definition) is 11. The fourth-order valence-corrected chi connectivity index (χ4v) is 14.8. The summed E-state index contributed by atoms with van der Waals surface area (Å²) in [6.07, 6.45) is 10.2. The van der Waals surface area contributed by atoms with Crippen LogP contribution >= 0.6 is 35.6 Å². The Morgan fingerprint density at radius 1 is 0.322 bits per heavy atom. The molecule has 806 valence electrons. The summed E-state index contributed by atoms with van der Waals surface area (Å²) in [5, 5.41) is 33.0. The predicted octanol–water partition coefficient (Wildman–Crippen LogP) is 21.4.